The summed E-state index contributed by atoms with van der Waals surface area (Å²) in [6, 6.07) is -0.369. The summed E-state index contributed by atoms with van der Waals surface area (Å²) in [6.45, 7) is 2.56. The van der Waals surface area contributed by atoms with Gasteiger partial charge >= 0.3 is 5.97 Å². The normalized spacial score (nSPS) is 24.3. The van der Waals surface area contributed by atoms with Crippen LogP contribution in [0.5, 0.6) is 0 Å². The van der Waals surface area contributed by atoms with Crippen LogP contribution in [0.2, 0.25) is 0 Å². The monoisotopic (exact) mass is 229 g/mol. The topological polar surface area (TPSA) is 75.6 Å². The van der Waals surface area contributed by atoms with Gasteiger partial charge in [-0.3, -0.25) is 9.59 Å². The summed E-state index contributed by atoms with van der Waals surface area (Å²) in [7, 11) is 0. The highest BCUT2D eigenvalue weighted by atomic mass is 16.5. The molecule has 0 bridgehead atoms. The summed E-state index contributed by atoms with van der Waals surface area (Å²) in [5, 5.41) is 11.6. The molecule has 1 amide bonds. The van der Waals surface area contributed by atoms with Crippen LogP contribution in [0.15, 0.2) is 0 Å². The van der Waals surface area contributed by atoms with Crippen molar-refractivity contribution in [1.29, 1.82) is 0 Å². The molecule has 5 heteroatoms. The van der Waals surface area contributed by atoms with Crippen molar-refractivity contribution in [3.63, 3.8) is 0 Å². The molecule has 1 saturated heterocycles. The molecule has 2 unspecified atom stereocenters. The number of carbonyl (C=O) groups excluding carboxylic acids is 1. The highest BCUT2D eigenvalue weighted by Crippen LogP contribution is 2.14. The van der Waals surface area contributed by atoms with Crippen molar-refractivity contribution in [2.75, 3.05) is 13.2 Å². The van der Waals surface area contributed by atoms with Crippen molar-refractivity contribution in [3.8, 4) is 0 Å². The van der Waals surface area contributed by atoms with E-state index in [2.05, 4.69) is 12.2 Å². The summed E-state index contributed by atoms with van der Waals surface area (Å²) in [6.07, 6.45) is 3.42. The van der Waals surface area contributed by atoms with E-state index in [4.69, 9.17) is 9.84 Å². The van der Waals surface area contributed by atoms with Crippen molar-refractivity contribution in [2.24, 2.45) is 5.92 Å². The maximum atomic E-state index is 11.5. The van der Waals surface area contributed by atoms with Crippen LogP contribution in [0.4, 0.5) is 0 Å². The Labute approximate surface area is 95.2 Å². The number of carbonyl (C=O) groups is 2. The zero-order chi connectivity index (χ0) is 12.0. The Morgan fingerprint density at radius 3 is 2.75 bits per heavy atom. The quantitative estimate of drug-likeness (QED) is 0.660. The van der Waals surface area contributed by atoms with E-state index in [0.29, 0.717) is 13.0 Å². The lowest BCUT2D eigenvalue weighted by Gasteiger charge is -2.15. The molecular formula is C11H19NO4. The predicted octanol–water partition coefficient (Wildman–Crippen LogP) is 0.782. The number of rotatable bonds is 6. The van der Waals surface area contributed by atoms with Crippen molar-refractivity contribution in [2.45, 2.75) is 38.6 Å². The lowest BCUT2D eigenvalue weighted by molar-refractivity contribution is -0.142. The second kappa shape index (κ2) is 6.48. The van der Waals surface area contributed by atoms with Gasteiger partial charge in [-0.25, -0.2) is 0 Å². The van der Waals surface area contributed by atoms with Crippen LogP contribution >= 0.6 is 0 Å². The summed E-state index contributed by atoms with van der Waals surface area (Å²) >= 11 is 0. The molecule has 2 N–H and O–H groups in total. The molecule has 1 aliphatic heterocycles. The minimum absolute atomic E-state index is 0.0739. The van der Waals surface area contributed by atoms with E-state index in [1.54, 1.807) is 0 Å². The van der Waals surface area contributed by atoms with Crippen LogP contribution in [-0.2, 0) is 14.3 Å². The van der Waals surface area contributed by atoms with E-state index in [9.17, 15) is 9.59 Å². The van der Waals surface area contributed by atoms with Gasteiger partial charge in [0.15, 0.2) is 0 Å². The van der Waals surface area contributed by atoms with Gasteiger partial charge in [-0.05, 0) is 6.42 Å². The lowest BCUT2D eigenvalue weighted by Crippen LogP contribution is -2.42. The second-order valence-electron chi connectivity index (χ2n) is 4.11. The second-order valence-corrected chi connectivity index (χ2v) is 4.11. The molecule has 0 aliphatic carbocycles. The number of nitrogens with one attached hydrogen (secondary N) is 1. The predicted molar refractivity (Wildman–Crippen MR) is 58.0 cm³/mol. The fraction of sp³-hybridized carbons (Fsp3) is 0.818. The Kier molecular flexibility index (Phi) is 5.25. The molecule has 1 heterocycles. The van der Waals surface area contributed by atoms with Crippen molar-refractivity contribution < 1.29 is 19.4 Å². The molecule has 0 radical (unpaired) electrons. The van der Waals surface area contributed by atoms with E-state index in [1.807, 2.05) is 0 Å². The SMILES string of the molecule is CCCCCC(=O)NC1COCC1C(=O)O. The van der Waals surface area contributed by atoms with E-state index >= 15 is 0 Å². The fourth-order valence-electron chi connectivity index (χ4n) is 1.75. The first kappa shape index (κ1) is 13.0. The van der Waals surface area contributed by atoms with Crippen molar-refractivity contribution in [3.05, 3.63) is 0 Å². The Morgan fingerprint density at radius 2 is 2.12 bits per heavy atom. The molecule has 1 rings (SSSR count). The van der Waals surface area contributed by atoms with Gasteiger partial charge in [0.2, 0.25) is 5.91 Å². The molecule has 1 aliphatic rings. The zero-order valence-corrected chi connectivity index (χ0v) is 9.57. The summed E-state index contributed by atoms with van der Waals surface area (Å²) < 4.78 is 5.06. The summed E-state index contributed by atoms with van der Waals surface area (Å²) in [5.74, 6) is -1.58. The first-order chi connectivity index (χ1) is 7.65. The molecule has 0 aromatic carbocycles. The number of amides is 1. The molecule has 0 aromatic rings. The Morgan fingerprint density at radius 1 is 1.38 bits per heavy atom. The highest BCUT2D eigenvalue weighted by Gasteiger charge is 2.34. The average molecular weight is 229 g/mol. The number of aliphatic carboxylic acids is 1. The largest absolute Gasteiger partial charge is 0.481 e. The van der Waals surface area contributed by atoms with Gasteiger partial charge in [-0.2, -0.15) is 0 Å². The molecule has 92 valence electrons. The number of hydrogen-bond acceptors (Lipinski definition) is 3. The smallest absolute Gasteiger partial charge is 0.311 e. The van der Waals surface area contributed by atoms with E-state index < -0.39 is 11.9 Å². The van der Waals surface area contributed by atoms with E-state index in [0.717, 1.165) is 19.3 Å². The standard InChI is InChI=1S/C11H19NO4/c1-2-3-4-5-10(13)12-9-7-16-6-8(9)11(14)15/h8-9H,2-7H2,1H3,(H,12,13)(H,14,15). The molecule has 0 saturated carbocycles. The fourth-order valence-corrected chi connectivity index (χ4v) is 1.75. The third-order valence-electron chi connectivity index (χ3n) is 2.75. The third-order valence-corrected chi connectivity index (χ3v) is 2.75. The lowest BCUT2D eigenvalue weighted by atomic mass is 10.0. The number of carboxylic acid groups (broad SMARTS) is 1. The van der Waals surface area contributed by atoms with Crippen molar-refractivity contribution >= 4 is 11.9 Å². The van der Waals surface area contributed by atoms with Crippen LogP contribution in [0.25, 0.3) is 0 Å². The van der Waals surface area contributed by atoms with Crippen LogP contribution in [-0.4, -0.2) is 36.2 Å². The zero-order valence-electron chi connectivity index (χ0n) is 9.57. The highest BCUT2D eigenvalue weighted by molar-refractivity contribution is 5.78. The van der Waals surface area contributed by atoms with Gasteiger partial charge in [-0.1, -0.05) is 19.8 Å². The Balaban J connectivity index is 2.30. The van der Waals surface area contributed by atoms with Gasteiger partial charge in [0.1, 0.15) is 5.92 Å². The molecule has 0 spiro atoms. The van der Waals surface area contributed by atoms with Crippen molar-refractivity contribution in [1.82, 2.24) is 5.32 Å². The molecular weight excluding hydrogens is 210 g/mol. The molecule has 16 heavy (non-hydrogen) atoms. The number of carboxylic acids is 1. The van der Waals surface area contributed by atoms with Gasteiger partial charge < -0.3 is 15.2 Å². The first-order valence-corrected chi connectivity index (χ1v) is 5.75. The van der Waals surface area contributed by atoms with Crippen LogP contribution < -0.4 is 5.32 Å². The third kappa shape index (κ3) is 3.81. The average Bonchev–Trinajstić information content (AvgIpc) is 2.66. The summed E-state index contributed by atoms with van der Waals surface area (Å²) in [4.78, 5) is 22.3. The maximum Gasteiger partial charge on any atom is 0.311 e. The minimum Gasteiger partial charge on any atom is -0.481 e. The number of hydrogen-bond donors (Lipinski definition) is 2. The van der Waals surface area contributed by atoms with Crippen LogP contribution in [0, 0.1) is 5.92 Å². The Bertz CT molecular complexity index is 254. The van der Waals surface area contributed by atoms with Gasteiger partial charge in [0.05, 0.1) is 19.3 Å². The van der Waals surface area contributed by atoms with Crippen LogP contribution in [0.1, 0.15) is 32.6 Å². The van der Waals surface area contributed by atoms with Crippen LogP contribution in [0.3, 0.4) is 0 Å². The van der Waals surface area contributed by atoms with E-state index in [1.165, 1.54) is 0 Å². The molecule has 0 aromatic heterocycles. The molecule has 1 fully saturated rings. The van der Waals surface area contributed by atoms with Gasteiger partial charge in [0, 0.05) is 6.42 Å². The maximum absolute atomic E-state index is 11.5. The number of unbranched alkanes of at least 4 members (excludes halogenated alkanes) is 2. The number of ether oxygens (including phenoxy) is 1. The molecule has 2 atom stereocenters. The minimum atomic E-state index is -0.906. The van der Waals surface area contributed by atoms with E-state index in [-0.39, 0.29) is 18.6 Å². The van der Waals surface area contributed by atoms with Gasteiger partial charge in [0.25, 0.3) is 0 Å². The molecule has 5 nitrogen and oxygen atoms in total. The summed E-state index contributed by atoms with van der Waals surface area (Å²) in [5.41, 5.74) is 0. The Hall–Kier alpha value is -1.10. The van der Waals surface area contributed by atoms with Gasteiger partial charge in [-0.15, -0.1) is 0 Å². The first-order valence-electron chi connectivity index (χ1n) is 5.75.